The molecule has 0 atom stereocenters. The predicted octanol–water partition coefficient (Wildman–Crippen LogP) is 2.35. The maximum Gasteiger partial charge on any atom is 0.253 e. The highest BCUT2D eigenvalue weighted by Crippen LogP contribution is 2.13. The Bertz CT molecular complexity index is 796. The van der Waals surface area contributed by atoms with Gasteiger partial charge in [0.2, 0.25) is 0 Å². The quantitative estimate of drug-likeness (QED) is 0.721. The molecule has 0 N–H and O–H groups in total. The van der Waals surface area contributed by atoms with Gasteiger partial charge in [0.25, 0.3) is 5.91 Å². The van der Waals surface area contributed by atoms with Crippen molar-refractivity contribution in [2.45, 2.75) is 13.3 Å². The number of carbonyl (C=O) groups excluding carboxylic acids is 1. The minimum atomic E-state index is -0.0259. The maximum absolute atomic E-state index is 12.5. The van der Waals surface area contributed by atoms with Crippen LogP contribution in [0, 0.1) is 6.92 Å². The van der Waals surface area contributed by atoms with Gasteiger partial charge in [-0.05, 0) is 19.1 Å². The molecule has 23 heavy (non-hydrogen) atoms. The highest BCUT2D eigenvalue weighted by Gasteiger charge is 2.13. The van der Waals surface area contributed by atoms with Crippen molar-refractivity contribution in [2.24, 2.45) is 0 Å². The number of pyridine rings is 1. The Kier molecular flexibility index (Phi) is 4.47. The van der Waals surface area contributed by atoms with Crippen LogP contribution in [-0.2, 0) is 6.42 Å². The van der Waals surface area contributed by atoms with Crippen molar-refractivity contribution in [3.8, 4) is 5.82 Å². The Morgan fingerprint density at radius 2 is 2.22 bits per heavy atom. The van der Waals surface area contributed by atoms with Gasteiger partial charge in [-0.3, -0.25) is 9.36 Å². The third-order valence-corrected chi connectivity index (χ3v) is 4.41. The van der Waals surface area contributed by atoms with Gasteiger partial charge in [0.1, 0.15) is 12.1 Å². The molecule has 3 rings (SSSR count). The third-order valence-electron chi connectivity index (χ3n) is 3.44. The molecule has 3 aromatic heterocycles. The first kappa shape index (κ1) is 15.4. The largest absolute Gasteiger partial charge is 0.341 e. The zero-order valence-electron chi connectivity index (χ0n) is 13.0. The fourth-order valence-electron chi connectivity index (χ4n) is 2.19. The molecule has 0 aliphatic rings. The molecule has 118 valence electrons. The molecular formula is C16H17N5OS. The van der Waals surface area contributed by atoms with Crippen molar-refractivity contribution in [3.63, 3.8) is 0 Å². The minimum Gasteiger partial charge on any atom is -0.341 e. The topological polar surface area (TPSA) is 63.9 Å². The van der Waals surface area contributed by atoms with Crippen molar-refractivity contribution in [3.05, 3.63) is 58.7 Å². The lowest BCUT2D eigenvalue weighted by Gasteiger charge is -2.16. The predicted molar refractivity (Wildman–Crippen MR) is 88.9 cm³/mol. The summed E-state index contributed by atoms with van der Waals surface area (Å²) in [6, 6.07) is 3.50. The van der Waals surface area contributed by atoms with E-state index >= 15 is 0 Å². The fourth-order valence-corrected chi connectivity index (χ4v) is 2.97. The summed E-state index contributed by atoms with van der Waals surface area (Å²) in [4.78, 5) is 28.0. The van der Waals surface area contributed by atoms with E-state index in [0.717, 1.165) is 11.4 Å². The summed E-state index contributed by atoms with van der Waals surface area (Å²) >= 11 is 1.67. The number of rotatable bonds is 5. The van der Waals surface area contributed by atoms with Crippen LogP contribution in [0.5, 0.6) is 0 Å². The van der Waals surface area contributed by atoms with E-state index in [1.807, 2.05) is 13.1 Å². The molecule has 3 aromatic rings. The molecule has 1 amide bonds. The molecule has 0 bridgehead atoms. The molecule has 0 aliphatic heterocycles. The van der Waals surface area contributed by atoms with E-state index in [4.69, 9.17) is 0 Å². The Morgan fingerprint density at radius 1 is 1.35 bits per heavy atom. The van der Waals surface area contributed by atoms with E-state index in [1.165, 1.54) is 4.88 Å². The Morgan fingerprint density at radius 3 is 2.91 bits per heavy atom. The molecule has 0 saturated heterocycles. The van der Waals surface area contributed by atoms with Crippen LogP contribution < -0.4 is 0 Å². The molecule has 6 nitrogen and oxygen atoms in total. The average molecular weight is 327 g/mol. The number of aromatic nitrogens is 4. The molecule has 0 aliphatic carbocycles. The second-order valence-electron chi connectivity index (χ2n) is 5.21. The molecule has 0 fully saturated rings. The lowest BCUT2D eigenvalue weighted by molar-refractivity contribution is 0.0796. The van der Waals surface area contributed by atoms with Crippen LogP contribution in [0.3, 0.4) is 0 Å². The van der Waals surface area contributed by atoms with E-state index in [2.05, 4.69) is 15.0 Å². The summed E-state index contributed by atoms with van der Waals surface area (Å²) in [5.41, 5.74) is 0.613. The Labute approximate surface area is 138 Å². The smallest absolute Gasteiger partial charge is 0.253 e. The van der Waals surface area contributed by atoms with Gasteiger partial charge in [-0.2, -0.15) is 0 Å². The summed E-state index contributed by atoms with van der Waals surface area (Å²) < 4.78 is 1.77. The molecule has 0 aromatic carbocycles. The first-order valence-electron chi connectivity index (χ1n) is 7.24. The summed E-state index contributed by atoms with van der Waals surface area (Å²) in [6.07, 6.45) is 9.40. The average Bonchev–Trinajstić information content (AvgIpc) is 3.23. The molecule has 0 radical (unpaired) electrons. The summed E-state index contributed by atoms with van der Waals surface area (Å²) in [5.74, 6) is 0.652. The number of amides is 1. The number of hydrogen-bond acceptors (Lipinski definition) is 5. The monoisotopic (exact) mass is 327 g/mol. The SMILES string of the molecule is Cc1cnc(CCN(C)C(=O)c2ccnc(-n3ccnc3)c2)s1. The maximum atomic E-state index is 12.5. The van der Waals surface area contributed by atoms with Gasteiger partial charge in [0, 0.05) is 55.2 Å². The summed E-state index contributed by atoms with van der Waals surface area (Å²) in [7, 11) is 1.81. The Balaban J connectivity index is 1.68. The van der Waals surface area contributed by atoms with Gasteiger partial charge in [-0.15, -0.1) is 11.3 Å². The molecule has 0 spiro atoms. The van der Waals surface area contributed by atoms with Crippen molar-refractivity contribution in [2.75, 3.05) is 13.6 Å². The van der Waals surface area contributed by atoms with Crippen LogP contribution in [0.2, 0.25) is 0 Å². The van der Waals surface area contributed by atoms with Crippen LogP contribution in [-0.4, -0.2) is 43.9 Å². The molecule has 0 unspecified atom stereocenters. The van der Waals surface area contributed by atoms with Gasteiger partial charge in [-0.1, -0.05) is 0 Å². The van der Waals surface area contributed by atoms with Gasteiger partial charge in [-0.25, -0.2) is 15.0 Å². The number of likely N-dealkylation sites (N-methyl/N-ethyl adjacent to an activating group) is 1. The van der Waals surface area contributed by atoms with Crippen LogP contribution in [0.1, 0.15) is 20.2 Å². The number of nitrogens with zero attached hydrogens (tertiary/aromatic N) is 5. The van der Waals surface area contributed by atoms with E-state index in [-0.39, 0.29) is 5.91 Å². The van der Waals surface area contributed by atoms with E-state index in [0.29, 0.717) is 17.9 Å². The van der Waals surface area contributed by atoms with Crippen molar-refractivity contribution >= 4 is 17.2 Å². The van der Waals surface area contributed by atoms with Crippen LogP contribution in [0.4, 0.5) is 0 Å². The number of imidazole rings is 1. The summed E-state index contributed by atoms with van der Waals surface area (Å²) in [5, 5.41) is 1.05. The lowest BCUT2D eigenvalue weighted by Crippen LogP contribution is -2.29. The first-order chi connectivity index (χ1) is 11.1. The van der Waals surface area contributed by atoms with Crippen LogP contribution >= 0.6 is 11.3 Å². The lowest BCUT2D eigenvalue weighted by atomic mass is 10.2. The highest BCUT2D eigenvalue weighted by atomic mass is 32.1. The van der Waals surface area contributed by atoms with Crippen LogP contribution in [0.15, 0.2) is 43.2 Å². The number of carbonyl (C=O) groups is 1. The standard InChI is InChI=1S/C16H17N5OS/c1-12-10-19-15(23-12)4-7-20(2)16(22)13-3-5-18-14(9-13)21-8-6-17-11-21/h3,5-6,8-11H,4,7H2,1-2H3. The van der Waals surface area contributed by atoms with Gasteiger partial charge in [0.05, 0.1) is 5.01 Å². The van der Waals surface area contributed by atoms with E-state index in [9.17, 15) is 4.79 Å². The highest BCUT2D eigenvalue weighted by molar-refractivity contribution is 7.11. The fraction of sp³-hybridized carbons (Fsp3) is 0.250. The van der Waals surface area contributed by atoms with Crippen molar-refractivity contribution in [1.29, 1.82) is 0 Å². The normalized spacial score (nSPS) is 10.7. The second-order valence-corrected chi connectivity index (χ2v) is 6.53. The molecule has 0 saturated carbocycles. The van der Waals surface area contributed by atoms with E-state index in [1.54, 1.807) is 64.9 Å². The molecular weight excluding hydrogens is 310 g/mol. The summed E-state index contributed by atoms with van der Waals surface area (Å²) in [6.45, 7) is 2.67. The van der Waals surface area contributed by atoms with Gasteiger partial charge < -0.3 is 4.90 Å². The van der Waals surface area contributed by atoms with Gasteiger partial charge >= 0.3 is 0 Å². The molecule has 3 heterocycles. The Hall–Kier alpha value is -2.54. The van der Waals surface area contributed by atoms with Crippen molar-refractivity contribution in [1.82, 2.24) is 24.4 Å². The van der Waals surface area contributed by atoms with Crippen LogP contribution in [0.25, 0.3) is 5.82 Å². The minimum absolute atomic E-state index is 0.0259. The zero-order valence-corrected chi connectivity index (χ0v) is 13.8. The molecule has 7 heteroatoms. The first-order valence-corrected chi connectivity index (χ1v) is 8.06. The van der Waals surface area contributed by atoms with E-state index < -0.39 is 0 Å². The van der Waals surface area contributed by atoms with Crippen molar-refractivity contribution < 1.29 is 4.79 Å². The number of thiazole rings is 1. The third kappa shape index (κ3) is 3.62. The second kappa shape index (κ2) is 6.70. The van der Waals surface area contributed by atoms with Gasteiger partial charge in [0.15, 0.2) is 0 Å². The number of aryl methyl sites for hydroxylation is 1. The number of hydrogen-bond donors (Lipinski definition) is 0. The zero-order chi connectivity index (χ0) is 16.2.